The van der Waals surface area contributed by atoms with Crippen molar-refractivity contribution in [1.82, 2.24) is 10.2 Å². The van der Waals surface area contributed by atoms with Crippen molar-refractivity contribution >= 4 is 0 Å². The van der Waals surface area contributed by atoms with Crippen LogP contribution in [-0.4, -0.2) is 49.3 Å². The third-order valence-corrected chi connectivity index (χ3v) is 3.16. The molecule has 1 heterocycles. The van der Waals surface area contributed by atoms with Crippen molar-refractivity contribution in [3.8, 4) is 0 Å². The Labute approximate surface area is 93.2 Å². The average molecular weight is 212 g/mol. The molecule has 0 aromatic carbocycles. The van der Waals surface area contributed by atoms with E-state index in [1.807, 2.05) is 0 Å². The van der Waals surface area contributed by atoms with Crippen molar-refractivity contribution < 1.29 is 4.74 Å². The van der Waals surface area contributed by atoms with Gasteiger partial charge in [0.25, 0.3) is 0 Å². The first-order valence-corrected chi connectivity index (χ1v) is 6.35. The molecule has 3 nitrogen and oxygen atoms in total. The number of hydrogen-bond acceptors (Lipinski definition) is 3. The highest BCUT2D eigenvalue weighted by atomic mass is 16.5. The quantitative estimate of drug-likeness (QED) is 0.694. The molecule has 0 spiro atoms. The second-order valence-electron chi connectivity index (χ2n) is 5.10. The molecule has 2 atom stereocenters. The molecule has 2 aliphatic rings. The molecule has 0 radical (unpaired) electrons. The predicted molar refractivity (Wildman–Crippen MR) is 62.1 cm³/mol. The second kappa shape index (κ2) is 5.28. The van der Waals surface area contributed by atoms with Crippen LogP contribution in [0.15, 0.2) is 0 Å². The molecular formula is C12H24N2O. The zero-order valence-electron chi connectivity index (χ0n) is 10.0. The molecule has 0 aromatic heterocycles. The van der Waals surface area contributed by atoms with E-state index in [4.69, 9.17) is 4.74 Å². The van der Waals surface area contributed by atoms with Crippen molar-refractivity contribution in [2.24, 2.45) is 0 Å². The SMILES string of the molecule is C[C@@H]1CN(CCCNC2CC2)C[C@H](C)O1. The van der Waals surface area contributed by atoms with Crippen LogP contribution in [0.2, 0.25) is 0 Å². The Bertz CT molecular complexity index is 184. The highest BCUT2D eigenvalue weighted by Gasteiger charge is 2.22. The molecule has 1 saturated heterocycles. The Hall–Kier alpha value is -0.120. The van der Waals surface area contributed by atoms with Crippen LogP contribution in [-0.2, 0) is 4.74 Å². The lowest BCUT2D eigenvalue weighted by molar-refractivity contribution is -0.0680. The summed E-state index contributed by atoms with van der Waals surface area (Å²) >= 11 is 0. The predicted octanol–water partition coefficient (Wildman–Crippen LogP) is 1.24. The van der Waals surface area contributed by atoms with Gasteiger partial charge in [-0.05, 0) is 46.2 Å². The molecule has 0 bridgehead atoms. The lowest BCUT2D eigenvalue weighted by Gasteiger charge is -2.35. The Balaban J connectivity index is 1.56. The van der Waals surface area contributed by atoms with Crippen LogP contribution in [0, 0.1) is 0 Å². The minimum Gasteiger partial charge on any atom is -0.373 e. The first-order valence-electron chi connectivity index (χ1n) is 6.35. The van der Waals surface area contributed by atoms with Gasteiger partial charge >= 0.3 is 0 Å². The molecule has 3 heteroatoms. The van der Waals surface area contributed by atoms with Crippen molar-refractivity contribution in [3.63, 3.8) is 0 Å². The molecule has 1 aliphatic heterocycles. The third-order valence-electron chi connectivity index (χ3n) is 3.16. The van der Waals surface area contributed by atoms with E-state index in [2.05, 4.69) is 24.1 Å². The Morgan fingerprint density at radius 2 is 1.87 bits per heavy atom. The number of nitrogens with one attached hydrogen (secondary N) is 1. The lowest BCUT2D eigenvalue weighted by atomic mass is 10.2. The van der Waals surface area contributed by atoms with Crippen molar-refractivity contribution in [2.75, 3.05) is 26.2 Å². The van der Waals surface area contributed by atoms with E-state index < -0.39 is 0 Å². The number of rotatable bonds is 5. The van der Waals surface area contributed by atoms with E-state index in [-0.39, 0.29) is 0 Å². The summed E-state index contributed by atoms with van der Waals surface area (Å²) in [4.78, 5) is 2.54. The summed E-state index contributed by atoms with van der Waals surface area (Å²) in [5.41, 5.74) is 0. The molecule has 2 rings (SSSR count). The van der Waals surface area contributed by atoms with Gasteiger partial charge in [-0.2, -0.15) is 0 Å². The smallest absolute Gasteiger partial charge is 0.0678 e. The maximum Gasteiger partial charge on any atom is 0.0678 e. The number of nitrogens with zero attached hydrogens (tertiary/aromatic N) is 1. The normalized spacial score (nSPS) is 33.2. The zero-order valence-corrected chi connectivity index (χ0v) is 10.0. The fraction of sp³-hybridized carbons (Fsp3) is 1.00. The van der Waals surface area contributed by atoms with Gasteiger partial charge in [0.15, 0.2) is 0 Å². The molecule has 15 heavy (non-hydrogen) atoms. The largest absolute Gasteiger partial charge is 0.373 e. The van der Waals surface area contributed by atoms with Gasteiger partial charge in [-0.15, -0.1) is 0 Å². The van der Waals surface area contributed by atoms with Crippen LogP contribution in [0.4, 0.5) is 0 Å². The van der Waals surface area contributed by atoms with Gasteiger partial charge in [0.05, 0.1) is 12.2 Å². The highest BCUT2D eigenvalue weighted by Crippen LogP contribution is 2.18. The van der Waals surface area contributed by atoms with Crippen LogP contribution in [0.1, 0.15) is 33.1 Å². The van der Waals surface area contributed by atoms with Gasteiger partial charge < -0.3 is 10.1 Å². The topological polar surface area (TPSA) is 24.5 Å². The molecule has 1 aliphatic carbocycles. The monoisotopic (exact) mass is 212 g/mol. The van der Waals surface area contributed by atoms with Crippen molar-refractivity contribution in [3.05, 3.63) is 0 Å². The number of ether oxygens (including phenoxy) is 1. The summed E-state index contributed by atoms with van der Waals surface area (Å²) in [6.07, 6.45) is 4.88. The molecule has 0 unspecified atom stereocenters. The van der Waals surface area contributed by atoms with Crippen LogP contribution in [0.5, 0.6) is 0 Å². The second-order valence-corrected chi connectivity index (χ2v) is 5.10. The fourth-order valence-electron chi connectivity index (χ4n) is 2.36. The number of morpholine rings is 1. The summed E-state index contributed by atoms with van der Waals surface area (Å²) in [6, 6.07) is 0.854. The Kier molecular flexibility index (Phi) is 4.00. The van der Waals surface area contributed by atoms with Crippen LogP contribution < -0.4 is 5.32 Å². The molecular weight excluding hydrogens is 188 g/mol. The Morgan fingerprint density at radius 1 is 1.20 bits per heavy atom. The first-order chi connectivity index (χ1) is 7.24. The van der Waals surface area contributed by atoms with Crippen LogP contribution in [0.3, 0.4) is 0 Å². The minimum absolute atomic E-state index is 0.408. The Morgan fingerprint density at radius 3 is 2.47 bits per heavy atom. The summed E-state index contributed by atoms with van der Waals surface area (Å²) in [7, 11) is 0. The number of hydrogen-bond donors (Lipinski definition) is 1. The molecule has 1 saturated carbocycles. The maximum absolute atomic E-state index is 5.71. The minimum atomic E-state index is 0.408. The van der Waals surface area contributed by atoms with Gasteiger partial charge in [0, 0.05) is 19.1 Å². The van der Waals surface area contributed by atoms with E-state index in [9.17, 15) is 0 Å². The van der Waals surface area contributed by atoms with E-state index in [1.54, 1.807) is 0 Å². The molecule has 88 valence electrons. The summed E-state index contributed by atoms with van der Waals surface area (Å²) < 4.78 is 5.71. The maximum atomic E-state index is 5.71. The molecule has 1 N–H and O–H groups in total. The summed E-state index contributed by atoms with van der Waals surface area (Å²) in [6.45, 7) is 8.96. The standard InChI is InChI=1S/C12H24N2O/c1-10-8-14(9-11(2)15-10)7-3-6-13-12-4-5-12/h10-13H,3-9H2,1-2H3/t10-,11+. The van der Waals surface area contributed by atoms with E-state index in [0.717, 1.165) is 19.1 Å². The van der Waals surface area contributed by atoms with Gasteiger partial charge in [0.1, 0.15) is 0 Å². The summed E-state index contributed by atoms with van der Waals surface area (Å²) in [5, 5.41) is 3.56. The molecule has 0 amide bonds. The van der Waals surface area contributed by atoms with Gasteiger partial charge in [-0.3, -0.25) is 4.90 Å². The van der Waals surface area contributed by atoms with Crippen LogP contribution >= 0.6 is 0 Å². The molecule has 0 aromatic rings. The van der Waals surface area contributed by atoms with Crippen LogP contribution in [0.25, 0.3) is 0 Å². The van der Waals surface area contributed by atoms with Gasteiger partial charge in [-0.25, -0.2) is 0 Å². The third kappa shape index (κ3) is 4.09. The van der Waals surface area contributed by atoms with Gasteiger partial charge in [-0.1, -0.05) is 0 Å². The molecule has 2 fully saturated rings. The van der Waals surface area contributed by atoms with Crippen molar-refractivity contribution in [2.45, 2.75) is 51.4 Å². The average Bonchev–Trinajstić information content (AvgIpc) is 2.94. The van der Waals surface area contributed by atoms with Crippen molar-refractivity contribution in [1.29, 1.82) is 0 Å². The highest BCUT2D eigenvalue weighted by molar-refractivity contribution is 4.81. The van der Waals surface area contributed by atoms with E-state index >= 15 is 0 Å². The van der Waals surface area contributed by atoms with Gasteiger partial charge in [0.2, 0.25) is 0 Å². The lowest BCUT2D eigenvalue weighted by Crippen LogP contribution is -2.46. The van der Waals surface area contributed by atoms with E-state index in [1.165, 1.54) is 32.4 Å². The summed E-state index contributed by atoms with van der Waals surface area (Å²) in [5.74, 6) is 0. The first kappa shape index (κ1) is 11.4. The zero-order chi connectivity index (χ0) is 10.7. The fourth-order valence-corrected chi connectivity index (χ4v) is 2.36. The van der Waals surface area contributed by atoms with E-state index in [0.29, 0.717) is 12.2 Å².